The van der Waals surface area contributed by atoms with Crippen LogP contribution in [0.5, 0.6) is 5.75 Å². The maximum atomic E-state index is 13.0. The van der Waals surface area contributed by atoms with E-state index in [9.17, 15) is 13.9 Å². The van der Waals surface area contributed by atoms with Crippen molar-refractivity contribution in [1.29, 1.82) is 0 Å². The number of nitrogens with zero attached hydrogens (tertiary/aromatic N) is 5. The van der Waals surface area contributed by atoms with E-state index in [4.69, 9.17) is 14.8 Å². The maximum absolute atomic E-state index is 13.0. The Kier molecular flexibility index (Phi) is 5.26. The number of benzene rings is 1. The Labute approximate surface area is 188 Å². The Balaban J connectivity index is 1.60. The normalized spacial score (nSPS) is 16.2. The van der Waals surface area contributed by atoms with E-state index in [-0.39, 0.29) is 5.75 Å². The van der Waals surface area contributed by atoms with Crippen LogP contribution in [0.2, 0.25) is 0 Å². The summed E-state index contributed by atoms with van der Waals surface area (Å²) < 4.78 is 32.5. The first kappa shape index (κ1) is 21.4. The molecule has 3 aromatic heterocycles. The molecule has 0 spiro atoms. The molecule has 1 unspecified atom stereocenters. The Morgan fingerprint density at radius 1 is 1.15 bits per heavy atom. The molecule has 0 fully saturated rings. The van der Waals surface area contributed by atoms with Crippen molar-refractivity contribution in [3.05, 3.63) is 71.6 Å². The van der Waals surface area contributed by atoms with Gasteiger partial charge in [-0.25, -0.2) is 19.5 Å². The highest BCUT2D eigenvalue weighted by Gasteiger charge is 2.30. The summed E-state index contributed by atoms with van der Waals surface area (Å²) in [4.78, 5) is 13.2. The predicted molar refractivity (Wildman–Crippen MR) is 116 cm³/mol. The lowest BCUT2D eigenvalue weighted by Gasteiger charge is -2.25. The van der Waals surface area contributed by atoms with Crippen LogP contribution >= 0.6 is 0 Å². The SMILES string of the molecule is CC(C)(O)c1ncc(-c2ccc3nc4c(n3n2)C(c2ccccc2OC(F)F)NCC4)cn1. The maximum Gasteiger partial charge on any atom is 0.387 e. The summed E-state index contributed by atoms with van der Waals surface area (Å²) in [5.41, 5.74) is 3.01. The summed E-state index contributed by atoms with van der Waals surface area (Å²) in [6.45, 7) is 0.955. The molecule has 8 nitrogen and oxygen atoms in total. The van der Waals surface area contributed by atoms with E-state index < -0.39 is 18.3 Å². The number of para-hydroxylation sites is 1. The average molecular weight is 452 g/mol. The molecule has 1 aliphatic rings. The number of fused-ring (bicyclic) bond motifs is 3. The van der Waals surface area contributed by atoms with E-state index >= 15 is 0 Å². The zero-order valence-corrected chi connectivity index (χ0v) is 18.0. The number of hydrogen-bond acceptors (Lipinski definition) is 7. The third-order valence-electron chi connectivity index (χ3n) is 5.51. The highest BCUT2D eigenvalue weighted by atomic mass is 19.3. The second kappa shape index (κ2) is 8.13. The van der Waals surface area contributed by atoms with Gasteiger partial charge in [-0.3, -0.25) is 0 Å². The van der Waals surface area contributed by atoms with Crippen molar-refractivity contribution in [3.63, 3.8) is 0 Å². The molecule has 33 heavy (non-hydrogen) atoms. The topological polar surface area (TPSA) is 97.5 Å². The van der Waals surface area contributed by atoms with Crippen molar-refractivity contribution < 1.29 is 18.6 Å². The van der Waals surface area contributed by atoms with Crippen LogP contribution in [0.25, 0.3) is 16.9 Å². The summed E-state index contributed by atoms with van der Waals surface area (Å²) in [7, 11) is 0. The molecule has 5 rings (SSSR count). The number of aliphatic hydroxyl groups is 1. The number of halogens is 2. The van der Waals surface area contributed by atoms with E-state index in [1.807, 2.05) is 12.1 Å². The molecule has 0 radical (unpaired) electrons. The van der Waals surface area contributed by atoms with E-state index in [2.05, 4.69) is 15.3 Å². The van der Waals surface area contributed by atoms with Gasteiger partial charge in [0.15, 0.2) is 11.5 Å². The number of nitrogens with one attached hydrogen (secondary N) is 1. The molecule has 170 valence electrons. The van der Waals surface area contributed by atoms with Crippen molar-refractivity contribution in [1.82, 2.24) is 29.9 Å². The van der Waals surface area contributed by atoms with Crippen LogP contribution in [0.4, 0.5) is 8.78 Å². The summed E-state index contributed by atoms with van der Waals surface area (Å²) >= 11 is 0. The minimum atomic E-state index is -2.92. The van der Waals surface area contributed by atoms with Gasteiger partial charge in [-0.15, -0.1) is 0 Å². The van der Waals surface area contributed by atoms with Crippen LogP contribution in [-0.4, -0.2) is 42.8 Å². The van der Waals surface area contributed by atoms with Gasteiger partial charge < -0.3 is 15.2 Å². The number of ether oxygens (including phenoxy) is 1. The lowest BCUT2D eigenvalue weighted by molar-refractivity contribution is -0.0506. The molecule has 0 saturated carbocycles. The highest BCUT2D eigenvalue weighted by molar-refractivity contribution is 5.59. The lowest BCUT2D eigenvalue weighted by atomic mass is 9.97. The molecule has 1 aliphatic heterocycles. The Morgan fingerprint density at radius 2 is 1.91 bits per heavy atom. The first-order chi connectivity index (χ1) is 15.8. The van der Waals surface area contributed by atoms with Gasteiger partial charge in [-0.1, -0.05) is 18.2 Å². The van der Waals surface area contributed by atoms with Gasteiger partial charge in [0, 0.05) is 36.5 Å². The number of alkyl halides is 2. The average Bonchev–Trinajstić information content (AvgIpc) is 3.17. The van der Waals surface area contributed by atoms with Crippen LogP contribution in [-0.2, 0) is 12.0 Å². The smallest absolute Gasteiger partial charge is 0.387 e. The highest BCUT2D eigenvalue weighted by Crippen LogP contribution is 2.35. The summed E-state index contributed by atoms with van der Waals surface area (Å²) in [6, 6.07) is 9.99. The molecule has 4 aromatic rings. The third-order valence-corrected chi connectivity index (χ3v) is 5.51. The Bertz CT molecular complexity index is 1300. The molecule has 10 heteroatoms. The zero-order chi connectivity index (χ0) is 23.2. The van der Waals surface area contributed by atoms with E-state index in [1.54, 1.807) is 49.0 Å². The van der Waals surface area contributed by atoms with Crippen molar-refractivity contribution in [3.8, 4) is 17.0 Å². The van der Waals surface area contributed by atoms with Crippen LogP contribution in [0.3, 0.4) is 0 Å². The Morgan fingerprint density at radius 3 is 2.64 bits per heavy atom. The number of imidazole rings is 1. The molecule has 0 aliphatic carbocycles. The molecule has 0 amide bonds. The number of hydrogen-bond donors (Lipinski definition) is 2. The lowest BCUT2D eigenvalue weighted by Crippen LogP contribution is -2.32. The van der Waals surface area contributed by atoms with Crippen molar-refractivity contribution in [2.75, 3.05) is 6.54 Å². The van der Waals surface area contributed by atoms with Gasteiger partial charge in [0.2, 0.25) is 0 Å². The summed E-state index contributed by atoms with van der Waals surface area (Å²) in [5, 5.41) is 18.2. The molecular formula is C23H22F2N6O2. The minimum Gasteiger partial charge on any atom is -0.434 e. The largest absolute Gasteiger partial charge is 0.434 e. The first-order valence-electron chi connectivity index (χ1n) is 10.5. The molecule has 4 heterocycles. The van der Waals surface area contributed by atoms with E-state index in [1.165, 1.54) is 6.07 Å². The summed E-state index contributed by atoms with van der Waals surface area (Å²) in [5.74, 6) is 0.423. The Hall–Kier alpha value is -3.50. The van der Waals surface area contributed by atoms with Crippen LogP contribution in [0, 0.1) is 0 Å². The van der Waals surface area contributed by atoms with Crippen molar-refractivity contribution in [2.45, 2.75) is 38.5 Å². The minimum absolute atomic E-state index is 0.111. The monoisotopic (exact) mass is 452 g/mol. The molecule has 2 N–H and O–H groups in total. The number of rotatable bonds is 5. The van der Waals surface area contributed by atoms with Crippen LogP contribution in [0.1, 0.15) is 42.7 Å². The van der Waals surface area contributed by atoms with Crippen LogP contribution < -0.4 is 10.1 Å². The predicted octanol–water partition coefficient (Wildman–Crippen LogP) is 3.25. The van der Waals surface area contributed by atoms with Gasteiger partial charge >= 0.3 is 6.61 Å². The zero-order valence-electron chi connectivity index (χ0n) is 18.0. The standard InChI is InChI=1S/C23H22F2N6O2/c1-23(2,32)21-27-11-13(12-28-21)15-7-8-18-29-16-9-10-26-19(20(16)31(18)30-15)14-5-3-4-6-17(14)33-22(24)25/h3-8,11-12,19,22,26,32H,9-10H2,1-2H3. The van der Waals surface area contributed by atoms with Gasteiger partial charge in [-0.05, 0) is 32.0 Å². The van der Waals surface area contributed by atoms with Gasteiger partial charge in [0.05, 0.1) is 23.1 Å². The molecule has 0 saturated heterocycles. The fourth-order valence-corrected chi connectivity index (χ4v) is 4.01. The van der Waals surface area contributed by atoms with E-state index in [0.29, 0.717) is 41.3 Å². The van der Waals surface area contributed by atoms with Gasteiger partial charge in [0.1, 0.15) is 11.4 Å². The van der Waals surface area contributed by atoms with Crippen molar-refractivity contribution in [2.24, 2.45) is 0 Å². The molecule has 0 bridgehead atoms. The molecular weight excluding hydrogens is 430 g/mol. The number of aromatic nitrogens is 5. The van der Waals surface area contributed by atoms with E-state index in [0.717, 1.165) is 11.4 Å². The quantitative estimate of drug-likeness (QED) is 0.480. The molecule has 1 atom stereocenters. The second-order valence-electron chi connectivity index (χ2n) is 8.34. The van der Waals surface area contributed by atoms with Gasteiger partial charge in [0.25, 0.3) is 0 Å². The second-order valence-corrected chi connectivity index (χ2v) is 8.34. The first-order valence-corrected chi connectivity index (χ1v) is 10.5. The third kappa shape index (κ3) is 4.03. The molecule has 1 aromatic carbocycles. The van der Waals surface area contributed by atoms with Gasteiger partial charge in [-0.2, -0.15) is 13.9 Å². The summed E-state index contributed by atoms with van der Waals surface area (Å²) in [6.07, 6.45) is 3.91. The fourth-order valence-electron chi connectivity index (χ4n) is 4.01. The van der Waals surface area contributed by atoms with Crippen LogP contribution in [0.15, 0.2) is 48.8 Å². The fraction of sp³-hybridized carbons (Fsp3) is 0.304. The van der Waals surface area contributed by atoms with Crippen molar-refractivity contribution >= 4 is 5.65 Å².